The molecule has 1 aromatic rings. The number of hydrogen-bond acceptors (Lipinski definition) is 5. The van der Waals surface area contributed by atoms with Gasteiger partial charge in [0, 0.05) is 31.7 Å². The van der Waals surface area contributed by atoms with Gasteiger partial charge in [0.25, 0.3) is 0 Å². The molecule has 1 aromatic heterocycles. The summed E-state index contributed by atoms with van der Waals surface area (Å²) in [7, 11) is 0. The molecule has 1 aliphatic rings. The van der Waals surface area contributed by atoms with Gasteiger partial charge in [0.05, 0.1) is 19.3 Å². The quantitative estimate of drug-likeness (QED) is 0.692. The molecule has 1 amide bonds. The van der Waals surface area contributed by atoms with E-state index in [0.717, 1.165) is 51.3 Å². The van der Waals surface area contributed by atoms with Crippen LogP contribution < -0.4 is 5.32 Å². The molecule has 8 nitrogen and oxygen atoms in total. The Morgan fingerprint density at radius 3 is 2.68 bits per heavy atom. The van der Waals surface area contributed by atoms with Crippen LogP contribution in [-0.2, 0) is 16.1 Å². The standard InChI is InChI=1S/C17H29N5O3/c1-3-9-22-15(5-8-18-22)19-16(23)12-20-10-6-14(7-11-20)21(4-2)13-17(24)25/h5,8,14H,3-4,6-7,9-13H2,1-2H3,(H,19,23)(H,24,25). The van der Waals surface area contributed by atoms with Gasteiger partial charge in [-0.25, -0.2) is 4.68 Å². The van der Waals surface area contributed by atoms with Gasteiger partial charge in [0.2, 0.25) is 5.91 Å². The Labute approximate surface area is 148 Å². The molecule has 2 heterocycles. The fraction of sp³-hybridized carbons (Fsp3) is 0.706. The van der Waals surface area contributed by atoms with Gasteiger partial charge in [0.15, 0.2) is 0 Å². The molecule has 2 N–H and O–H groups in total. The fourth-order valence-electron chi connectivity index (χ4n) is 3.33. The number of aliphatic carboxylic acids is 1. The molecule has 0 radical (unpaired) electrons. The predicted molar refractivity (Wildman–Crippen MR) is 95.5 cm³/mol. The maximum absolute atomic E-state index is 12.3. The number of likely N-dealkylation sites (tertiary alicyclic amines) is 1. The fourth-order valence-corrected chi connectivity index (χ4v) is 3.33. The van der Waals surface area contributed by atoms with Crippen LogP contribution in [0.15, 0.2) is 12.3 Å². The largest absolute Gasteiger partial charge is 0.480 e. The van der Waals surface area contributed by atoms with Gasteiger partial charge in [-0.1, -0.05) is 13.8 Å². The van der Waals surface area contributed by atoms with Gasteiger partial charge in [-0.3, -0.25) is 19.4 Å². The summed E-state index contributed by atoms with van der Waals surface area (Å²) < 4.78 is 1.80. The van der Waals surface area contributed by atoms with E-state index in [1.165, 1.54) is 0 Å². The Hall–Kier alpha value is -1.93. The number of carboxylic acids is 1. The van der Waals surface area contributed by atoms with Crippen molar-refractivity contribution < 1.29 is 14.7 Å². The number of anilines is 1. The molecule has 0 aromatic carbocycles. The molecular formula is C17H29N5O3. The van der Waals surface area contributed by atoms with Crippen molar-refractivity contribution in [1.29, 1.82) is 0 Å². The summed E-state index contributed by atoms with van der Waals surface area (Å²) in [5, 5.41) is 16.1. The summed E-state index contributed by atoms with van der Waals surface area (Å²) >= 11 is 0. The number of likely N-dealkylation sites (N-methyl/N-ethyl adjacent to an activating group) is 1. The van der Waals surface area contributed by atoms with Gasteiger partial charge < -0.3 is 10.4 Å². The number of aromatic nitrogens is 2. The lowest BCUT2D eigenvalue weighted by Gasteiger charge is -2.37. The number of amides is 1. The van der Waals surface area contributed by atoms with E-state index in [2.05, 4.69) is 22.2 Å². The molecule has 0 spiro atoms. The van der Waals surface area contributed by atoms with E-state index in [-0.39, 0.29) is 18.5 Å². The van der Waals surface area contributed by atoms with E-state index in [1.54, 1.807) is 10.9 Å². The van der Waals surface area contributed by atoms with Crippen molar-refractivity contribution in [2.45, 2.75) is 45.7 Å². The molecular weight excluding hydrogens is 322 g/mol. The highest BCUT2D eigenvalue weighted by atomic mass is 16.4. The van der Waals surface area contributed by atoms with E-state index < -0.39 is 5.97 Å². The van der Waals surface area contributed by atoms with Gasteiger partial charge >= 0.3 is 5.97 Å². The number of rotatable bonds is 9. The smallest absolute Gasteiger partial charge is 0.317 e. The third-order valence-corrected chi connectivity index (χ3v) is 4.60. The normalized spacial score (nSPS) is 16.3. The van der Waals surface area contributed by atoms with Gasteiger partial charge in [-0.05, 0) is 25.8 Å². The van der Waals surface area contributed by atoms with Gasteiger partial charge in [0.1, 0.15) is 5.82 Å². The van der Waals surface area contributed by atoms with Crippen LogP contribution in [0.1, 0.15) is 33.1 Å². The van der Waals surface area contributed by atoms with Crippen LogP contribution in [0.25, 0.3) is 0 Å². The second-order valence-electron chi connectivity index (χ2n) is 6.45. The zero-order chi connectivity index (χ0) is 18.2. The van der Waals surface area contributed by atoms with E-state index >= 15 is 0 Å². The van der Waals surface area contributed by atoms with Gasteiger partial charge in [-0.15, -0.1) is 0 Å². The second kappa shape index (κ2) is 9.53. The van der Waals surface area contributed by atoms with Crippen molar-refractivity contribution in [2.24, 2.45) is 0 Å². The average molecular weight is 351 g/mol. The van der Waals surface area contributed by atoms with Gasteiger partial charge in [-0.2, -0.15) is 5.10 Å². The summed E-state index contributed by atoms with van der Waals surface area (Å²) in [5.41, 5.74) is 0. The van der Waals surface area contributed by atoms with E-state index in [1.807, 2.05) is 17.9 Å². The topological polar surface area (TPSA) is 90.7 Å². The molecule has 0 unspecified atom stereocenters. The number of carbonyl (C=O) groups excluding carboxylic acids is 1. The van der Waals surface area contributed by atoms with Crippen molar-refractivity contribution in [3.05, 3.63) is 12.3 Å². The predicted octanol–water partition coefficient (Wildman–Crippen LogP) is 1.10. The Morgan fingerprint density at radius 1 is 1.36 bits per heavy atom. The van der Waals surface area contributed by atoms with Crippen LogP contribution in [0.3, 0.4) is 0 Å². The highest BCUT2D eigenvalue weighted by Gasteiger charge is 2.26. The minimum absolute atomic E-state index is 0.0332. The first kappa shape index (κ1) is 19.4. The van der Waals surface area contributed by atoms with Crippen molar-refractivity contribution in [2.75, 3.05) is 38.0 Å². The minimum Gasteiger partial charge on any atom is -0.480 e. The van der Waals surface area contributed by atoms with E-state index in [4.69, 9.17) is 5.11 Å². The monoisotopic (exact) mass is 351 g/mol. The van der Waals surface area contributed by atoms with E-state index in [9.17, 15) is 9.59 Å². The maximum atomic E-state index is 12.3. The first-order valence-corrected chi connectivity index (χ1v) is 9.03. The molecule has 0 saturated carbocycles. The minimum atomic E-state index is -0.785. The Bertz CT molecular complexity index is 566. The second-order valence-corrected chi connectivity index (χ2v) is 6.45. The van der Waals surface area contributed by atoms with E-state index in [0.29, 0.717) is 6.54 Å². The van der Waals surface area contributed by atoms with Crippen molar-refractivity contribution in [3.63, 3.8) is 0 Å². The first-order chi connectivity index (χ1) is 12.0. The number of nitrogens with zero attached hydrogens (tertiary/aromatic N) is 4. The number of piperidine rings is 1. The number of carbonyl (C=O) groups is 2. The number of hydrogen-bond donors (Lipinski definition) is 2. The summed E-state index contributed by atoms with van der Waals surface area (Å²) in [6.45, 7) is 7.63. The Balaban J connectivity index is 1.78. The zero-order valence-electron chi connectivity index (χ0n) is 15.1. The summed E-state index contributed by atoms with van der Waals surface area (Å²) in [5.74, 6) is -0.0816. The number of nitrogens with one attached hydrogen (secondary N) is 1. The molecule has 0 aliphatic carbocycles. The number of aryl methyl sites for hydroxylation is 1. The lowest BCUT2D eigenvalue weighted by molar-refractivity contribution is -0.139. The zero-order valence-corrected chi connectivity index (χ0v) is 15.1. The molecule has 2 rings (SSSR count). The molecule has 25 heavy (non-hydrogen) atoms. The summed E-state index contributed by atoms with van der Waals surface area (Å²) in [4.78, 5) is 27.3. The molecule has 8 heteroatoms. The summed E-state index contributed by atoms with van der Waals surface area (Å²) in [6.07, 6.45) is 4.44. The van der Waals surface area contributed by atoms with Crippen molar-refractivity contribution in [3.8, 4) is 0 Å². The summed E-state index contributed by atoms with van der Waals surface area (Å²) in [6, 6.07) is 2.09. The SMILES string of the molecule is CCCn1nccc1NC(=O)CN1CCC(N(CC)CC(=O)O)CC1. The number of carboxylic acid groups (broad SMARTS) is 1. The Morgan fingerprint density at radius 2 is 2.08 bits per heavy atom. The molecule has 140 valence electrons. The molecule has 1 fully saturated rings. The van der Waals surface area contributed by atoms with Crippen LogP contribution in [0.4, 0.5) is 5.82 Å². The van der Waals surface area contributed by atoms with Crippen LogP contribution in [0.5, 0.6) is 0 Å². The van der Waals surface area contributed by atoms with Crippen LogP contribution >= 0.6 is 0 Å². The first-order valence-electron chi connectivity index (χ1n) is 9.03. The third-order valence-electron chi connectivity index (χ3n) is 4.60. The van der Waals surface area contributed by atoms with Crippen LogP contribution in [0.2, 0.25) is 0 Å². The lowest BCUT2D eigenvalue weighted by Crippen LogP contribution is -2.48. The lowest BCUT2D eigenvalue weighted by atomic mass is 10.0. The Kier molecular flexibility index (Phi) is 7.39. The third kappa shape index (κ3) is 5.82. The maximum Gasteiger partial charge on any atom is 0.317 e. The van der Waals surface area contributed by atoms with Crippen LogP contribution in [0, 0.1) is 0 Å². The molecule has 0 bridgehead atoms. The van der Waals surface area contributed by atoms with Crippen molar-refractivity contribution in [1.82, 2.24) is 19.6 Å². The highest BCUT2D eigenvalue weighted by Crippen LogP contribution is 2.16. The molecule has 1 aliphatic heterocycles. The highest BCUT2D eigenvalue weighted by molar-refractivity contribution is 5.91. The van der Waals surface area contributed by atoms with Crippen molar-refractivity contribution >= 4 is 17.7 Å². The molecule has 0 atom stereocenters. The van der Waals surface area contributed by atoms with Crippen LogP contribution in [-0.4, -0.2) is 75.3 Å². The molecule has 1 saturated heterocycles. The average Bonchev–Trinajstić information content (AvgIpc) is 3.00.